The normalized spacial score (nSPS) is 13.2. The lowest BCUT2D eigenvalue weighted by molar-refractivity contribution is -0.116. The molecule has 1 unspecified atom stereocenters. The first-order chi connectivity index (χ1) is 7.47. The molecule has 1 N–H and O–H groups in total. The van der Waals surface area contributed by atoms with E-state index in [-0.39, 0.29) is 15.9 Å². The van der Waals surface area contributed by atoms with Crippen LogP contribution in [0.3, 0.4) is 0 Å². The molecule has 4 heteroatoms. The van der Waals surface area contributed by atoms with Gasteiger partial charge in [-0.1, -0.05) is 18.2 Å². The maximum atomic E-state index is 11.9. The highest BCUT2D eigenvalue weighted by molar-refractivity contribution is 8.00. The summed E-state index contributed by atoms with van der Waals surface area (Å²) < 4.78 is -0.179. The minimum atomic E-state index is -0.331. The molecule has 0 aliphatic carbocycles. The molecule has 0 saturated heterocycles. The molecule has 0 bridgehead atoms. The Bertz CT molecular complexity index is 351. The van der Waals surface area contributed by atoms with E-state index in [9.17, 15) is 4.79 Å². The van der Waals surface area contributed by atoms with Crippen molar-refractivity contribution in [3.8, 4) is 0 Å². The quantitative estimate of drug-likeness (QED) is 0.810. The Balaban J connectivity index is 2.66. The Morgan fingerprint density at radius 3 is 2.44 bits per heavy atom. The zero-order chi connectivity index (χ0) is 12.2. The molecule has 1 rings (SSSR count). The van der Waals surface area contributed by atoms with Gasteiger partial charge >= 0.3 is 0 Å². The first kappa shape index (κ1) is 13.5. The molecular weight excluding hydrogens is 238 g/mol. The molecule has 0 heterocycles. The molecule has 0 fully saturated rings. The van der Waals surface area contributed by atoms with E-state index in [1.54, 1.807) is 11.8 Å². The van der Waals surface area contributed by atoms with Gasteiger partial charge in [0.05, 0.1) is 5.25 Å². The van der Waals surface area contributed by atoms with Gasteiger partial charge in [0.1, 0.15) is 0 Å². The van der Waals surface area contributed by atoms with Gasteiger partial charge in [-0.3, -0.25) is 4.79 Å². The van der Waals surface area contributed by atoms with Gasteiger partial charge in [-0.15, -0.1) is 0 Å². The highest BCUT2D eigenvalue weighted by Crippen LogP contribution is 2.29. The van der Waals surface area contributed by atoms with Crippen molar-refractivity contribution in [3.63, 3.8) is 0 Å². The summed E-state index contributed by atoms with van der Waals surface area (Å²) in [6, 6.07) is 9.43. The topological polar surface area (TPSA) is 29.1 Å². The van der Waals surface area contributed by atoms with E-state index >= 15 is 0 Å². The first-order valence-corrected chi connectivity index (χ1v) is 6.80. The molecule has 0 radical (unpaired) electrons. The second kappa shape index (κ2) is 5.64. The zero-order valence-electron chi connectivity index (χ0n) is 9.73. The molecule has 1 aromatic carbocycles. The molecule has 88 valence electrons. The van der Waals surface area contributed by atoms with Crippen LogP contribution >= 0.6 is 24.4 Å². The van der Waals surface area contributed by atoms with Crippen LogP contribution < -0.4 is 5.32 Å². The Kier molecular flexibility index (Phi) is 4.74. The summed E-state index contributed by atoms with van der Waals surface area (Å²) in [5.74, 6) is -0.0612. The second-order valence-electron chi connectivity index (χ2n) is 4.07. The van der Waals surface area contributed by atoms with Crippen molar-refractivity contribution < 1.29 is 4.79 Å². The lowest BCUT2D eigenvalue weighted by Gasteiger charge is -2.27. The maximum absolute atomic E-state index is 11.9. The molecule has 2 nitrogen and oxygen atoms in total. The fraction of sp³-hybridized carbons (Fsp3) is 0.417. The Hall–Kier alpha value is -0.610. The monoisotopic (exact) mass is 255 g/mol. The third-order valence-electron chi connectivity index (χ3n) is 2.47. The number of anilines is 1. The number of thiol groups is 1. The Morgan fingerprint density at radius 2 is 1.94 bits per heavy atom. The average molecular weight is 255 g/mol. The zero-order valence-corrected chi connectivity index (χ0v) is 11.4. The second-order valence-corrected chi connectivity index (χ2v) is 6.04. The van der Waals surface area contributed by atoms with Crippen molar-refractivity contribution >= 4 is 36.0 Å². The van der Waals surface area contributed by atoms with E-state index in [4.69, 9.17) is 0 Å². The summed E-state index contributed by atoms with van der Waals surface area (Å²) >= 11 is 6.02. The number of nitrogens with one attached hydrogen (secondary N) is 1. The summed E-state index contributed by atoms with van der Waals surface area (Å²) in [5, 5.41) is 2.52. The van der Waals surface area contributed by atoms with E-state index in [1.165, 1.54) is 0 Å². The van der Waals surface area contributed by atoms with Crippen LogP contribution in [0.15, 0.2) is 30.3 Å². The number of amides is 1. The number of para-hydroxylation sites is 1. The third kappa shape index (κ3) is 3.46. The maximum Gasteiger partial charge on any atom is 0.238 e. The number of carbonyl (C=O) groups excluding carboxylic acids is 1. The smallest absolute Gasteiger partial charge is 0.238 e. The number of carbonyl (C=O) groups is 1. The van der Waals surface area contributed by atoms with Gasteiger partial charge in [0, 0.05) is 10.4 Å². The largest absolute Gasteiger partial charge is 0.325 e. The van der Waals surface area contributed by atoms with E-state index < -0.39 is 0 Å². The molecule has 1 aromatic rings. The number of hydrogen-bond acceptors (Lipinski definition) is 3. The van der Waals surface area contributed by atoms with E-state index in [1.807, 2.05) is 50.4 Å². The fourth-order valence-electron chi connectivity index (χ4n) is 1.16. The predicted octanol–water partition coefficient (Wildman–Crippen LogP) is 3.07. The molecule has 1 amide bonds. The molecule has 0 saturated carbocycles. The van der Waals surface area contributed by atoms with Gasteiger partial charge in [-0.25, -0.2) is 0 Å². The summed E-state index contributed by atoms with van der Waals surface area (Å²) in [4.78, 5) is 11.9. The Morgan fingerprint density at radius 1 is 1.38 bits per heavy atom. The van der Waals surface area contributed by atoms with Gasteiger partial charge in [-0.05, 0) is 32.2 Å². The van der Waals surface area contributed by atoms with Gasteiger partial charge in [0.2, 0.25) is 5.91 Å². The molecule has 1 atom stereocenters. The van der Waals surface area contributed by atoms with Crippen molar-refractivity contribution in [1.82, 2.24) is 0 Å². The van der Waals surface area contributed by atoms with Crippen molar-refractivity contribution in [2.24, 2.45) is 0 Å². The third-order valence-corrected chi connectivity index (χ3v) is 4.82. The number of benzene rings is 1. The van der Waals surface area contributed by atoms with Crippen molar-refractivity contribution in [2.75, 3.05) is 11.6 Å². The molecule has 0 aliphatic rings. The van der Waals surface area contributed by atoms with Crippen LogP contribution in [0.5, 0.6) is 0 Å². The van der Waals surface area contributed by atoms with E-state index in [2.05, 4.69) is 17.9 Å². The highest BCUT2D eigenvalue weighted by atomic mass is 32.2. The SMILES string of the molecule is CSC(C)(C)C(S)C(=O)Nc1ccccc1. The van der Waals surface area contributed by atoms with Crippen LogP contribution in [0, 0.1) is 0 Å². The Labute approximate surface area is 107 Å². The number of thioether (sulfide) groups is 1. The van der Waals surface area contributed by atoms with Gasteiger partial charge in [-0.2, -0.15) is 24.4 Å². The summed E-state index contributed by atoms with van der Waals surface area (Å²) in [6.07, 6.45) is 1.99. The van der Waals surface area contributed by atoms with Crippen molar-refractivity contribution in [3.05, 3.63) is 30.3 Å². The number of rotatable bonds is 4. The van der Waals surface area contributed by atoms with Crippen LogP contribution in [-0.4, -0.2) is 22.2 Å². The first-order valence-electron chi connectivity index (χ1n) is 5.06. The van der Waals surface area contributed by atoms with Crippen molar-refractivity contribution in [1.29, 1.82) is 0 Å². The molecular formula is C12H17NOS2. The van der Waals surface area contributed by atoms with Crippen LogP contribution in [0.2, 0.25) is 0 Å². The van der Waals surface area contributed by atoms with E-state index in [0.717, 1.165) is 5.69 Å². The molecule has 0 aliphatic heterocycles. The van der Waals surface area contributed by atoms with Crippen LogP contribution in [0.25, 0.3) is 0 Å². The lowest BCUT2D eigenvalue weighted by Crippen LogP contribution is -2.38. The van der Waals surface area contributed by atoms with Crippen molar-refractivity contribution in [2.45, 2.75) is 23.8 Å². The minimum Gasteiger partial charge on any atom is -0.325 e. The van der Waals surface area contributed by atoms with Crippen LogP contribution in [-0.2, 0) is 4.79 Å². The summed E-state index contributed by atoms with van der Waals surface area (Å²) in [6.45, 7) is 4.03. The fourth-order valence-corrected chi connectivity index (χ4v) is 1.87. The molecule has 16 heavy (non-hydrogen) atoms. The van der Waals surface area contributed by atoms with Gasteiger partial charge < -0.3 is 5.32 Å². The average Bonchev–Trinajstić information content (AvgIpc) is 2.29. The van der Waals surface area contributed by atoms with Crippen LogP contribution in [0.4, 0.5) is 5.69 Å². The number of hydrogen-bond donors (Lipinski definition) is 2. The standard InChI is InChI=1S/C12H17NOS2/c1-12(2,16-3)10(15)11(14)13-9-7-5-4-6-8-9/h4-8,10,15H,1-3H3,(H,13,14). The predicted molar refractivity (Wildman–Crippen MR) is 75.4 cm³/mol. The summed E-state index contributed by atoms with van der Waals surface area (Å²) in [7, 11) is 0. The van der Waals surface area contributed by atoms with Crippen LogP contribution in [0.1, 0.15) is 13.8 Å². The highest BCUT2D eigenvalue weighted by Gasteiger charge is 2.31. The lowest BCUT2D eigenvalue weighted by atomic mass is 10.1. The molecule has 0 spiro atoms. The molecule has 0 aromatic heterocycles. The van der Waals surface area contributed by atoms with E-state index in [0.29, 0.717) is 0 Å². The summed E-state index contributed by atoms with van der Waals surface area (Å²) in [5.41, 5.74) is 0.809. The van der Waals surface area contributed by atoms with Gasteiger partial charge in [0.25, 0.3) is 0 Å². The van der Waals surface area contributed by atoms with Gasteiger partial charge in [0.15, 0.2) is 0 Å². The minimum absolute atomic E-state index is 0.0612.